The van der Waals surface area contributed by atoms with Crippen LogP contribution in [0.15, 0.2) is 18.7 Å². The fourth-order valence-corrected chi connectivity index (χ4v) is 3.61. The first-order valence-electron chi connectivity index (χ1n) is 6.93. The molecule has 0 radical (unpaired) electrons. The highest BCUT2D eigenvalue weighted by molar-refractivity contribution is 5.38. The van der Waals surface area contributed by atoms with Crippen LogP contribution in [-0.4, -0.2) is 16.0 Å². The summed E-state index contributed by atoms with van der Waals surface area (Å²) in [7, 11) is 0. The van der Waals surface area contributed by atoms with Crippen molar-refractivity contribution >= 4 is 5.69 Å². The lowest BCUT2D eigenvalue weighted by Gasteiger charge is -2.39. The van der Waals surface area contributed by atoms with Gasteiger partial charge < -0.3 is 5.32 Å². The zero-order valence-electron chi connectivity index (χ0n) is 10.3. The number of aromatic nitrogens is 2. The predicted molar refractivity (Wildman–Crippen MR) is 68.7 cm³/mol. The van der Waals surface area contributed by atoms with Crippen LogP contribution in [0.4, 0.5) is 5.69 Å². The van der Waals surface area contributed by atoms with Gasteiger partial charge >= 0.3 is 0 Å². The van der Waals surface area contributed by atoms with Gasteiger partial charge in [-0.3, -0.25) is 0 Å². The maximum absolute atomic E-state index is 4.06. The van der Waals surface area contributed by atoms with E-state index in [1.54, 1.807) is 6.33 Å². The van der Waals surface area contributed by atoms with Crippen LogP contribution in [0.3, 0.4) is 0 Å². The molecule has 1 heterocycles. The third kappa shape index (κ3) is 2.59. The summed E-state index contributed by atoms with van der Waals surface area (Å²) in [6.45, 7) is 0. The first-order chi connectivity index (χ1) is 8.42. The van der Waals surface area contributed by atoms with Crippen LogP contribution in [0.1, 0.15) is 44.9 Å². The van der Waals surface area contributed by atoms with Gasteiger partial charge in [0, 0.05) is 6.04 Å². The average molecular weight is 231 g/mol. The zero-order valence-corrected chi connectivity index (χ0v) is 10.3. The van der Waals surface area contributed by atoms with Crippen molar-refractivity contribution in [3.8, 4) is 0 Å². The molecule has 3 rings (SSSR count). The van der Waals surface area contributed by atoms with Gasteiger partial charge in [0.1, 0.15) is 6.33 Å². The van der Waals surface area contributed by atoms with Crippen LogP contribution in [0, 0.1) is 11.8 Å². The van der Waals surface area contributed by atoms with E-state index in [2.05, 4.69) is 15.3 Å². The fraction of sp³-hybridized carbons (Fsp3) is 0.714. The molecule has 3 atom stereocenters. The molecule has 0 aromatic carbocycles. The van der Waals surface area contributed by atoms with E-state index in [1.807, 2.05) is 12.4 Å². The van der Waals surface area contributed by atoms with Gasteiger partial charge in [0.25, 0.3) is 0 Å². The second-order valence-corrected chi connectivity index (χ2v) is 5.59. The summed E-state index contributed by atoms with van der Waals surface area (Å²) in [5.74, 6) is 1.99. The molecule has 2 saturated carbocycles. The van der Waals surface area contributed by atoms with Crippen molar-refractivity contribution in [2.45, 2.75) is 51.0 Å². The third-order valence-corrected chi connectivity index (χ3v) is 4.47. The summed E-state index contributed by atoms with van der Waals surface area (Å²) in [6, 6.07) is 0.639. The quantitative estimate of drug-likeness (QED) is 0.849. The minimum atomic E-state index is 0.639. The van der Waals surface area contributed by atoms with Crippen molar-refractivity contribution in [1.29, 1.82) is 0 Å². The van der Waals surface area contributed by atoms with Crippen molar-refractivity contribution in [3.05, 3.63) is 18.7 Å². The van der Waals surface area contributed by atoms with E-state index in [-0.39, 0.29) is 0 Å². The Labute approximate surface area is 103 Å². The number of rotatable bonds is 2. The minimum Gasteiger partial charge on any atom is -0.380 e. The predicted octanol–water partition coefficient (Wildman–Crippen LogP) is 3.25. The maximum Gasteiger partial charge on any atom is 0.115 e. The first kappa shape index (κ1) is 11.0. The number of anilines is 1. The highest BCUT2D eigenvalue weighted by Gasteiger charge is 2.31. The number of hydrogen-bond acceptors (Lipinski definition) is 3. The number of fused-ring (bicyclic) bond motifs is 1. The standard InChI is InChI=1S/C14H21N3/c1-2-4-12-7-13(6-5-11(12)3-1)17-14-8-15-10-16-9-14/h8-13,17H,1-7H2. The number of nitrogens with zero attached hydrogens (tertiary/aromatic N) is 2. The summed E-state index contributed by atoms with van der Waals surface area (Å²) < 4.78 is 0. The SMILES string of the molecule is c1ncc(NC2CCC3CCCCC3C2)cn1. The molecule has 3 nitrogen and oxygen atoms in total. The molecule has 0 aliphatic heterocycles. The summed E-state index contributed by atoms with van der Waals surface area (Å²) >= 11 is 0. The van der Waals surface area contributed by atoms with E-state index in [4.69, 9.17) is 0 Å². The second-order valence-electron chi connectivity index (χ2n) is 5.59. The molecule has 1 aromatic rings. The van der Waals surface area contributed by atoms with Gasteiger partial charge in [0.2, 0.25) is 0 Å². The highest BCUT2D eigenvalue weighted by Crippen LogP contribution is 2.40. The number of hydrogen-bond donors (Lipinski definition) is 1. The third-order valence-electron chi connectivity index (χ3n) is 4.47. The summed E-state index contributed by atoms with van der Waals surface area (Å²) in [4.78, 5) is 8.12. The Morgan fingerprint density at radius 1 is 0.941 bits per heavy atom. The van der Waals surface area contributed by atoms with Crippen molar-refractivity contribution in [3.63, 3.8) is 0 Å². The van der Waals surface area contributed by atoms with Crippen molar-refractivity contribution in [1.82, 2.24) is 9.97 Å². The van der Waals surface area contributed by atoms with E-state index in [1.165, 1.54) is 44.9 Å². The Kier molecular flexibility index (Phi) is 3.25. The van der Waals surface area contributed by atoms with Gasteiger partial charge in [-0.1, -0.05) is 25.7 Å². The maximum atomic E-state index is 4.06. The molecule has 3 unspecified atom stereocenters. The molecule has 92 valence electrons. The summed E-state index contributed by atoms with van der Waals surface area (Å²) in [5, 5.41) is 3.59. The molecule has 0 amide bonds. The largest absolute Gasteiger partial charge is 0.380 e. The molecule has 17 heavy (non-hydrogen) atoms. The minimum absolute atomic E-state index is 0.639. The normalized spacial score (nSPS) is 32.8. The van der Waals surface area contributed by atoms with Crippen LogP contribution in [0.5, 0.6) is 0 Å². The second kappa shape index (κ2) is 5.03. The molecular weight excluding hydrogens is 210 g/mol. The van der Waals surface area contributed by atoms with E-state index >= 15 is 0 Å². The van der Waals surface area contributed by atoms with Crippen molar-refractivity contribution in [2.75, 3.05) is 5.32 Å². The molecular formula is C14H21N3. The Morgan fingerprint density at radius 3 is 2.53 bits per heavy atom. The van der Waals surface area contributed by atoms with Crippen LogP contribution in [-0.2, 0) is 0 Å². The average Bonchev–Trinajstić information content (AvgIpc) is 2.40. The molecule has 1 N–H and O–H groups in total. The molecule has 0 bridgehead atoms. The van der Waals surface area contributed by atoms with Gasteiger partial charge in [-0.15, -0.1) is 0 Å². The van der Waals surface area contributed by atoms with Gasteiger partial charge in [-0.05, 0) is 31.1 Å². The lowest BCUT2D eigenvalue weighted by atomic mass is 9.69. The Hall–Kier alpha value is -1.12. The summed E-state index contributed by atoms with van der Waals surface area (Å²) in [6.07, 6.45) is 15.3. The molecule has 2 aliphatic carbocycles. The van der Waals surface area contributed by atoms with E-state index in [0.29, 0.717) is 6.04 Å². The Bertz CT molecular complexity index is 352. The van der Waals surface area contributed by atoms with E-state index < -0.39 is 0 Å². The highest BCUT2D eigenvalue weighted by atomic mass is 15.0. The van der Waals surface area contributed by atoms with Crippen LogP contribution in [0.2, 0.25) is 0 Å². The molecule has 2 aliphatic rings. The lowest BCUT2D eigenvalue weighted by molar-refractivity contribution is 0.162. The molecule has 0 spiro atoms. The smallest absolute Gasteiger partial charge is 0.115 e. The van der Waals surface area contributed by atoms with Gasteiger partial charge in [0.15, 0.2) is 0 Å². The topological polar surface area (TPSA) is 37.8 Å². The Balaban J connectivity index is 1.59. The zero-order chi connectivity index (χ0) is 11.5. The van der Waals surface area contributed by atoms with E-state index in [9.17, 15) is 0 Å². The van der Waals surface area contributed by atoms with Gasteiger partial charge in [0.05, 0.1) is 18.1 Å². The molecule has 0 saturated heterocycles. The van der Waals surface area contributed by atoms with Gasteiger partial charge in [-0.2, -0.15) is 0 Å². The van der Waals surface area contributed by atoms with E-state index in [0.717, 1.165) is 17.5 Å². The lowest BCUT2D eigenvalue weighted by Crippen LogP contribution is -2.34. The summed E-state index contributed by atoms with van der Waals surface area (Å²) in [5.41, 5.74) is 1.08. The molecule has 3 heteroatoms. The van der Waals surface area contributed by atoms with Crippen LogP contribution >= 0.6 is 0 Å². The van der Waals surface area contributed by atoms with Crippen LogP contribution < -0.4 is 5.32 Å². The number of nitrogens with one attached hydrogen (secondary N) is 1. The van der Waals surface area contributed by atoms with Gasteiger partial charge in [-0.25, -0.2) is 9.97 Å². The van der Waals surface area contributed by atoms with Crippen molar-refractivity contribution < 1.29 is 0 Å². The molecule has 1 aromatic heterocycles. The molecule has 2 fully saturated rings. The van der Waals surface area contributed by atoms with Crippen molar-refractivity contribution in [2.24, 2.45) is 11.8 Å². The Morgan fingerprint density at radius 2 is 1.71 bits per heavy atom. The first-order valence-corrected chi connectivity index (χ1v) is 6.93. The monoisotopic (exact) mass is 231 g/mol. The fourth-order valence-electron chi connectivity index (χ4n) is 3.61. The van der Waals surface area contributed by atoms with Crippen LogP contribution in [0.25, 0.3) is 0 Å².